The van der Waals surface area contributed by atoms with Crippen molar-refractivity contribution in [3.05, 3.63) is 51.9 Å². The molecule has 0 unspecified atom stereocenters. The molecule has 5 nitrogen and oxygen atoms in total. The molecule has 0 spiro atoms. The number of benzene rings is 1. The molecular weight excluding hydrogens is 302 g/mol. The van der Waals surface area contributed by atoms with Crippen molar-refractivity contribution in [2.75, 3.05) is 6.54 Å². The van der Waals surface area contributed by atoms with Gasteiger partial charge in [0.05, 0.1) is 17.4 Å². The molecule has 1 aromatic heterocycles. The van der Waals surface area contributed by atoms with Gasteiger partial charge in [0, 0.05) is 31.1 Å². The second-order valence-electron chi connectivity index (χ2n) is 6.85. The van der Waals surface area contributed by atoms with E-state index in [1.807, 2.05) is 30.3 Å². The minimum Gasteiger partial charge on any atom is -0.391 e. The van der Waals surface area contributed by atoms with Gasteiger partial charge >= 0.3 is 0 Å². The van der Waals surface area contributed by atoms with Crippen molar-refractivity contribution >= 4 is 0 Å². The summed E-state index contributed by atoms with van der Waals surface area (Å²) in [5.74, 6) is 0.644. The average molecular weight is 325 g/mol. The van der Waals surface area contributed by atoms with Gasteiger partial charge in [0.15, 0.2) is 0 Å². The first kappa shape index (κ1) is 15.5. The fourth-order valence-electron chi connectivity index (χ4n) is 3.98. The summed E-state index contributed by atoms with van der Waals surface area (Å²) in [7, 11) is 0. The molecule has 0 amide bonds. The molecule has 2 aromatic rings. The van der Waals surface area contributed by atoms with E-state index in [-0.39, 0.29) is 17.7 Å². The van der Waals surface area contributed by atoms with Gasteiger partial charge in [-0.15, -0.1) is 0 Å². The fraction of sp³-hybridized carbons (Fsp3) is 0.474. The highest BCUT2D eigenvalue weighted by molar-refractivity contribution is 5.54. The van der Waals surface area contributed by atoms with Crippen molar-refractivity contribution in [1.29, 1.82) is 0 Å². The van der Waals surface area contributed by atoms with Crippen LogP contribution in [0.2, 0.25) is 0 Å². The quantitative estimate of drug-likeness (QED) is 0.887. The molecule has 2 N–H and O–H groups in total. The molecule has 1 saturated carbocycles. The lowest BCUT2D eigenvalue weighted by Gasteiger charge is -2.39. The summed E-state index contributed by atoms with van der Waals surface area (Å²) in [4.78, 5) is 22.5. The third-order valence-corrected chi connectivity index (χ3v) is 5.31. The van der Waals surface area contributed by atoms with Crippen LogP contribution in [0.3, 0.4) is 0 Å². The second-order valence-corrected chi connectivity index (χ2v) is 6.85. The molecule has 0 bridgehead atoms. The largest absolute Gasteiger partial charge is 0.391 e. The van der Waals surface area contributed by atoms with Gasteiger partial charge in [-0.2, -0.15) is 0 Å². The van der Waals surface area contributed by atoms with Crippen molar-refractivity contribution in [2.24, 2.45) is 0 Å². The highest BCUT2D eigenvalue weighted by Gasteiger charge is 2.32. The summed E-state index contributed by atoms with van der Waals surface area (Å²) in [6, 6.07) is 9.94. The standard InChI is InChI=1S/C19H23N3O2/c23-17-9-5-4-8-16(17)22-11-10-15-14(12-22)19(24)21-18(20-15)13-6-2-1-3-7-13/h1-3,6-7,16-17,23H,4-5,8-12H2,(H,20,21,24)/t16-,17-/m0/s1. The normalized spacial score (nSPS) is 24.5. The molecule has 2 atom stereocenters. The molecule has 0 radical (unpaired) electrons. The van der Waals surface area contributed by atoms with Crippen LogP contribution in [0.1, 0.15) is 36.9 Å². The molecule has 24 heavy (non-hydrogen) atoms. The molecule has 5 heteroatoms. The Labute approximate surface area is 141 Å². The van der Waals surface area contributed by atoms with E-state index in [4.69, 9.17) is 4.98 Å². The number of hydrogen-bond acceptors (Lipinski definition) is 4. The number of nitrogens with one attached hydrogen (secondary N) is 1. The molecule has 2 aliphatic rings. The van der Waals surface area contributed by atoms with Crippen LogP contribution < -0.4 is 5.56 Å². The lowest BCUT2D eigenvalue weighted by molar-refractivity contribution is 0.0126. The minimum absolute atomic E-state index is 0.0474. The minimum atomic E-state index is -0.268. The SMILES string of the molecule is O=c1[nH]c(-c2ccccc2)nc2c1CN([C@H]1CCCC[C@@H]1O)CC2. The van der Waals surface area contributed by atoms with E-state index in [1.165, 1.54) is 0 Å². The number of aliphatic hydroxyl groups is 1. The van der Waals surface area contributed by atoms with Gasteiger partial charge in [-0.3, -0.25) is 9.69 Å². The number of aromatic amines is 1. The van der Waals surface area contributed by atoms with E-state index in [0.717, 1.165) is 55.5 Å². The first-order chi connectivity index (χ1) is 11.7. The number of H-pyrrole nitrogens is 1. The van der Waals surface area contributed by atoms with E-state index in [1.54, 1.807) is 0 Å². The van der Waals surface area contributed by atoms with Crippen molar-refractivity contribution in [2.45, 2.75) is 50.8 Å². The maximum atomic E-state index is 12.6. The fourth-order valence-corrected chi connectivity index (χ4v) is 3.98. The van der Waals surface area contributed by atoms with Crippen LogP contribution in [0.15, 0.2) is 35.1 Å². The van der Waals surface area contributed by atoms with Crippen molar-refractivity contribution in [3.63, 3.8) is 0 Å². The van der Waals surface area contributed by atoms with E-state index < -0.39 is 0 Å². The summed E-state index contributed by atoms with van der Waals surface area (Å²) in [5.41, 5.74) is 2.55. The zero-order chi connectivity index (χ0) is 16.5. The molecule has 2 heterocycles. The molecule has 1 aliphatic heterocycles. The highest BCUT2D eigenvalue weighted by Crippen LogP contribution is 2.27. The van der Waals surface area contributed by atoms with Crippen LogP contribution in [0.4, 0.5) is 0 Å². The van der Waals surface area contributed by atoms with Gasteiger partial charge in [-0.25, -0.2) is 4.98 Å². The van der Waals surface area contributed by atoms with Crippen LogP contribution in [-0.4, -0.2) is 38.7 Å². The lowest BCUT2D eigenvalue weighted by atomic mass is 9.90. The summed E-state index contributed by atoms with van der Waals surface area (Å²) in [6.07, 6.45) is 4.65. The van der Waals surface area contributed by atoms with Gasteiger partial charge < -0.3 is 10.1 Å². The van der Waals surface area contributed by atoms with Crippen LogP contribution in [0, 0.1) is 0 Å². The maximum Gasteiger partial charge on any atom is 0.255 e. The monoisotopic (exact) mass is 325 g/mol. The van der Waals surface area contributed by atoms with Gasteiger partial charge in [0.25, 0.3) is 5.56 Å². The van der Waals surface area contributed by atoms with Crippen LogP contribution in [0.5, 0.6) is 0 Å². The van der Waals surface area contributed by atoms with E-state index in [2.05, 4.69) is 9.88 Å². The van der Waals surface area contributed by atoms with Gasteiger partial charge in [-0.05, 0) is 12.8 Å². The average Bonchev–Trinajstić information content (AvgIpc) is 2.63. The number of hydrogen-bond donors (Lipinski definition) is 2. The Morgan fingerprint density at radius 3 is 2.75 bits per heavy atom. The maximum absolute atomic E-state index is 12.6. The molecule has 1 aliphatic carbocycles. The Balaban J connectivity index is 1.62. The second kappa shape index (κ2) is 6.49. The molecule has 0 saturated heterocycles. The first-order valence-corrected chi connectivity index (χ1v) is 8.82. The molecule has 1 aromatic carbocycles. The molecule has 4 rings (SSSR count). The van der Waals surface area contributed by atoms with E-state index >= 15 is 0 Å². The van der Waals surface area contributed by atoms with E-state index in [0.29, 0.717) is 12.4 Å². The van der Waals surface area contributed by atoms with Gasteiger partial charge in [-0.1, -0.05) is 43.2 Å². The van der Waals surface area contributed by atoms with Crippen LogP contribution >= 0.6 is 0 Å². The summed E-state index contributed by atoms with van der Waals surface area (Å²) in [5, 5.41) is 10.3. The van der Waals surface area contributed by atoms with Crippen molar-refractivity contribution in [1.82, 2.24) is 14.9 Å². The third kappa shape index (κ3) is 2.89. The van der Waals surface area contributed by atoms with Crippen LogP contribution in [-0.2, 0) is 13.0 Å². The Kier molecular flexibility index (Phi) is 4.21. The Morgan fingerprint density at radius 1 is 1.17 bits per heavy atom. The third-order valence-electron chi connectivity index (χ3n) is 5.31. The number of aromatic nitrogens is 2. The topological polar surface area (TPSA) is 69.2 Å². The Morgan fingerprint density at radius 2 is 1.96 bits per heavy atom. The van der Waals surface area contributed by atoms with Gasteiger partial charge in [0.1, 0.15) is 5.82 Å². The molecule has 126 valence electrons. The number of rotatable bonds is 2. The summed E-state index contributed by atoms with van der Waals surface area (Å²) >= 11 is 0. The van der Waals surface area contributed by atoms with Crippen molar-refractivity contribution in [3.8, 4) is 11.4 Å². The van der Waals surface area contributed by atoms with E-state index in [9.17, 15) is 9.90 Å². The number of fused-ring (bicyclic) bond motifs is 1. The smallest absolute Gasteiger partial charge is 0.255 e. The number of aliphatic hydroxyl groups excluding tert-OH is 1. The molecule has 1 fully saturated rings. The summed E-state index contributed by atoms with van der Waals surface area (Å²) in [6.45, 7) is 1.45. The van der Waals surface area contributed by atoms with Crippen molar-refractivity contribution < 1.29 is 5.11 Å². The lowest BCUT2D eigenvalue weighted by Crippen LogP contribution is -2.48. The Hall–Kier alpha value is -1.98. The predicted octanol–water partition coefficient (Wildman–Crippen LogP) is 2.10. The zero-order valence-electron chi connectivity index (χ0n) is 13.7. The van der Waals surface area contributed by atoms with Gasteiger partial charge in [0.2, 0.25) is 0 Å². The predicted molar refractivity (Wildman–Crippen MR) is 92.7 cm³/mol. The summed E-state index contributed by atoms with van der Waals surface area (Å²) < 4.78 is 0. The zero-order valence-corrected chi connectivity index (χ0v) is 13.7. The first-order valence-electron chi connectivity index (χ1n) is 8.82. The van der Waals surface area contributed by atoms with Crippen LogP contribution in [0.25, 0.3) is 11.4 Å². The molecular formula is C19H23N3O2. The highest BCUT2D eigenvalue weighted by atomic mass is 16.3. The Bertz CT molecular complexity index is 772. The number of nitrogens with zero attached hydrogens (tertiary/aromatic N) is 2.